The van der Waals surface area contributed by atoms with Gasteiger partial charge < -0.3 is 5.32 Å². The lowest BCUT2D eigenvalue weighted by molar-refractivity contribution is 0.0957. The summed E-state index contributed by atoms with van der Waals surface area (Å²) in [5.74, 6) is -0.273. The molecule has 0 aliphatic carbocycles. The van der Waals surface area contributed by atoms with E-state index in [4.69, 9.17) is 5.14 Å². The van der Waals surface area contributed by atoms with Crippen LogP contribution >= 0.6 is 11.3 Å². The Morgan fingerprint density at radius 3 is 2.45 bits per heavy atom. The zero-order chi connectivity index (χ0) is 23.6. The fourth-order valence-corrected chi connectivity index (χ4v) is 5.09. The van der Waals surface area contributed by atoms with Crippen molar-refractivity contribution in [3.8, 4) is 0 Å². The number of fused-ring (bicyclic) bond motifs is 1. The number of thiophene rings is 1. The molecule has 0 aliphatic rings. The first-order valence-electron chi connectivity index (χ1n) is 10.2. The number of carbonyl (C=O) groups excluding carboxylic acids is 1. The fourth-order valence-electron chi connectivity index (χ4n) is 3.51. The van der Waals surface area contributed by atoms with Crippen LogP contribution in [0.4, 0.5) is 0 Å². The molecular formula is C23H22N4O4S2. The molecule has 0 saturated carbocycles. The Balaban J connectivity index is 1.47. The van der Waals surface area contributed by atoms with E-state index in [2.05, 4.69) is 10.3 Å². The van der Waals surface area contributed by atoms with E-state index in [9.17, 15) is 18.0 Å². The summed E-state index contributed by atoms with van der Waals surface area (Å²) in [7, 11) is -3.73. The molecule has 4 rings (SSSR count). The molecule has 0 aliphatic heterocycles. The van der Waals surface area contributed by atoms with Crippen LogP contribution < -0.4 is 16.0 Å². The molecule has 2 aromatic heterocycles. The number of aromatic nitrogens is 2. The maximum Gasteiger partial charge on any atom is 0.262 e. The van der Waals surface area contributed by atoms with E-state index in [0.717, 1.165) is 11.1 Å². The lowest BCUT2D eigenvalue weighted by Gasteiger charge is -2.06. The smallest absolute Gasteiger partial charge is 0.262 e. The number of amides is 1. The second-order valence-corrected chi connectivity index (χ2v) is 10.2. The highest BCUT2D eigenvalue weighted by atomic mass is 32.2. The Hall–Kier alpha value is -3.34. The summed E-state index contributed by atoms with van der Waals surface area (Å²) in [5.41, 5.74) is 2.29. The van der Waals surface area contributed by atoms with Gasteiger partial charge in [0.25, 0.3) is 11.5 Å². The van der Waals surface area contributed by atoms with Crippen molar-refractivity contribution in [1.29, 1.82) is 0 Å². The third kappa shape index (κ3) is 5.03. The molecule has 0 spiro atoms. The first kappa shape index (κ1) is 22.8. The van der Waals surface area contributed by atoms with Crippen LogP contribution in [-0.4, -0.2) is 30.4 Å². The number of rotatable bonds is 7. The van der Waals surface area contributed by atoms with Crippen molar-refractivity contribution in [1.82, 2.24) is 14.9 Å². The van der Waals surface area contributed by atoms with Gasteiger partial charge in [-0.15, -0.1) is 11.3 Å². The summed E-state index contributed by atoms with van der Waals surface area (Å²) in [5, 5.41) is 8.42. The number of hydrogen-bond acceptors (Lipinski definition) is 6. The second-order valence-electron chi connectivity index (χ2n) is 7.59. The predicted molar refractivity (Wildman–Crippen MR) is 128 cm³/mol. The van der Waals surface area contributed by atoms with Crippen molar-refractivity contribution in [3.05, 3.63) is 92.8 Å². The van der Waals surface area contributed by atoms with Gasteiger partial charge >= 0.3 is 0 Å². The van der Waals surface area contributed by atoms with Crippen molar-refractivity contribution in [2.45, 2.75) is 24.8 Å². The van der Waals surface area contributed by atoms with Crippen LogP contribution in [-0.2, 0) is 23.0 Å². The van der Waals surface area contributed by atoms with Crippen LogP contribution in [0.5, 0.6) is 0 Å². The molecule has 10 heteroatoms. The molecule has 0 atom stereocenters. The molecule has 0 unspecified atom stereocenters. The molecular weight excluding hydrogens is 460 g/mol. The number of nitrogens with one attached hydrogen (secondary N) is 1. The van der Waals surface area contributed by atoms with Crippen molar-refractivity contribution < 1.29 is 13.2 Å². The Kier molecular flexibility index (Phi) is 6.41. The summed E-state index contributed by atoms with van der Waals surface area (Å²) in [6.45, 7) is 2.52. The summed E-state index contributed by atoms with van der Waals surface area (Å²) >= 11 is 1.20. The molecule has 0 fully saturated rings. The van der Waals surface area contributed by atoms with Crippen molar-refractivity contribution in [3.63, 3.8) is 0 Å². The monoisotopic (exact) mass is 482 g/mol. The van der Waals surface area contributed by atoms with Crippen LogP contribution in [0.15, 0.2) is 70.6 Å². The molecule has 0 bridgehead atoms. The van der Waals surface area contributed by atoms with Gasteiger partial charge in [-0.25, -0.2) is 18.5 Å². The fraction of sp³-hybridized carbons (Fsp3) is 0.174. The van der Waals surface area contributed by atoms with E-state index >= 15 is 0 Å². The Morgan fingerprint density at radius 2 is 1.79 bits per heavy atom. The summed E-state index contributed by atoms with van der Waals surface area (Å²) in [4.78, 5) is 31.2. The van der Waals surface area contributed by atoms with Crippen LogP contribution in [0, 0.1) is 6.92 Å². The quantitative estimate of drug-likeness (QED) is 0.419. The van der Waals surface area contributed by atoms with E-state index in [1.165, 1.54) is 29.8 Å². The number of hydrogen-bond donors (Lipinski definition) is 2. The lowest BCUT2D eigenvalue weighted by Crippen LogP contribution is -2.25. The van der Waals surface area contributed by atoms with E-state index < -0.39 is 10.0 Å². The molecule has 170 valence electrons. The Morgan fingerprint density at radius 1 is 1.09 bits per heavy atom. The maximum absolute atomic E-state index is 13.0. The third-order valence-corrected chi connectivity index (χ3v) is 7.40. The Bertz CT molecular complexity index is 1470. The van der Waals surface area contributed by atoms with Gasteiger partial charge in [0.1, 0.15) is 4.83 Å². The molecule has 0 saturated heterocycles. The first-order valence-corrected chi connectivity index (χ1v) is 12.5. The summed E-state index contributed by atoms with van der Waals surface area (Å²) in [6, 6.07) is 15.8. The zero-order valence-electron chi connectivity index (χ0n) is 17.8. The predicted octanol–water partition coefficient (Wildman–Crippen LogP) is 2.43. The summed E-state index contributed by atoms with van der Waals surface area (Å²) < 4.78 is 24.2. The lowest BCUT2D eigenvalue weighted by atomic mass is 10.1. The highest BCUT2D eigenvalue weighted by Crippen LogP contribution is 2.26. The van der Waals surface area contributed by atoms with Gasteiger partial charge in [0, 0.05) is 6.54 Å². The number of nitrogens with two attached hydrogens (primary N) is 1. The highest BCUT2D eigenvalue weighted by molar-refractivity contribution is 7.89. The van der Waals surface area contributed by atoms with Gasteiger partial charge in [-0.2, -0.15) is 0 Å². The van der Waals surface area contributed by atoms with Gasteiger partial charge in [0.2, 0.25) is 10.0 Å². The Labute approximate surface area is 194 Å². The number of benzene rings is 2. The number of aryl methyl sites for hydroxylation is 1. The topological polar surface area (TPSA) is 124 Å². The van der Waals surface area contributed by atoms with E-state index in [1.54, 1.807) is 23.6 Å². The number of primary sulfonamides is 1. The molecule has 3 N–H and O–H groups in total. The second kappa shape index (κ2) is 9.26. The number of sulfonamides is 1. The van der Waals surface area contributed by atoms with Gasteiger partial charge in [-0.05, 0) is 42.2 Å². The number of nitrogens with zero attached hydrogens (tertiary/aromatic N) is 2. The minimum absolute atomic E-state index is 0.0432. The van der Waals surface area contributed by atoms with Crippen LogP contribution in [0.1, 0.15) is 26.4 Å². The molecule has 4 aromatic rings. The van der Waals surface area contributed by atoms with Crippen LogP contribution in [0.3, 0.4) is 0 Å². The van der Waals surface area contributed by atoms with Crippen LogP contribution in [0.2, 0.25) is 0 Å². The van der Waals surface area contributed by atoms with Gasteiger partial charge in [-0.3, -0.25) is 14.2 Å². The molecule has 0 radical (unpaired) electrons. The van der Waals surface area contributed by atoms with Gasteiger partial charge in [0.15, 0.2) is 0 Å². The molecule has 1 amide bonds. The van der Waals surface area contributed by atoms with Crippen molar-refractivity contribution in [2.75, 3.05) is 6.54 Å². The highest BCUT2D eigenvalue weighted by Gasteiger charge is 2.19. The molecule has 2 aromatic carbocycles. The largest absolute Gasteiger partial charge is 0.351 e. The summed E-state index contributed by atoms with van der Waals surface area (Å²) in [6.07, 6.45) is 2.03. The standard InChI is InChI=1S/C23H22N4O4S2/c1-15-19-22(26-14-27(23(19)29)13-17-5-3-2-4-6-17)32-20(15)21(28)25-12-11-16-7-9-18(10-8-16)33(24,30)31/h2-10,14H,11-13H2,1H3,(H,25,28)(H2,24,30,31). The SMILES string of the molecule is Cc1c(C(=O)NCCc2ccc(S(N)(=O)=O)cc2)sc2ncn(Cc3ccccc3)c(=O)c12. The normalized spacial score (nSPS) is 11.6. The average molecular weight is 483 g/mol. The molecule has 8 nitrogen and oxygen atoms in total. The van der Waals surface area contributed by atoms with Gasteiger partial charge in [0.05, 0.1) is 28.0 Å². The minimum Gasteiger partial charge on any atom is -0.351 e. The minimum atomic E-state index is -3.73. The molecule has 33 heavy (non-hydrogen) atoms. The zero-order valence-corrected chi connectivity index (χ0v) is 19.4. The van der Waals surface area contributed by atoms with Crippen molar-refractivity contribution in [2.24, 2.45) is 5.14 Å². The van der Waals surface area contributed by atoms with Gasteiger partial charge in [-0.1, -0.05) is 42.5 Å². The van der Waals surface area contributed by atoms with E-state index in [-0.39, 0.29) is 16.4 Å². The van der Waals surface area contributed by atoms with Crippen LogP contribution in [0.25, 0.3) is 10.2 Å². The van der Waals surface area contributed by atoms with Crippen molar-refractivity contribution >= 4 is 37.5 Å². The number of carbonyl (C=O) groups is 1. The average Bonchev–Trinajstić information content (AvgIpc) is 3.13. The van der Waals surface area contributed by atoms with E-state index in [0.29, 0.717) is 40.2 Å². The maximum atomic E-state index is 13.0. The third-order valence-electron chi connectivity index (χ3n) is 5.27. The molecule has 2 heterocycles. The van der Waals surface area contributed by atoms with E-state index in [1.807, 2.05) is 30.3 Å². The first-order chi connectivity index (χ1) is 15.7.